The molecular weight excluding hydrogens is 294 g/mol. The van der Waals surface area contributed by atoms with E-state index < -0.39 is 6.23 Å². The Kier molecular flexibility index (Phi) is 4.19. The van der Waals surface area contributed by atoms with Gasteiger partial charge < -0.3 is 19.5 Å². The maximum atomic E-state index is 12.0. The Bertz CT molecular complexity index is 737. The summed E-state index contributed by atoms with van der Waals surface area (Å²) in [6.45, 7) is 0. The van der Waals surface area contributed by atoms with Crippen LogP contribution in [-0.4, -0.2) is 20.2 Å². The molecule has 1 aliphatic heterocycles. The predicted molar refractivity (Wildman–Crippen MR) is 85.9 cm³/mol. The van der Waals surface area contributed by atoms with E-state index in [4.69, 9.17) is 14.2 Å². The van der Waals surface area contributed by atoms with Gasteiger partial charge in [0.25, 0.3) is 0 Å². The van der Waals surface area contributed by atoms with Crippen LogP contribution < -0.4 is 14.8 Å². The quantitative estimate of drug-likeness (QED) is 0.695. The molecule has 1 unspecified atom stereocenters. The molecule has 5 nitrogen and oxygen atoms in total. The van der Waals surface area contributed by atoms with E-state index >= 15 is 0 Å². The number of benzene rings is 2. The molecule has 0 spiro atoms. The molecule has 23 heavy (non-hydrogen) atoms. The summed E-state index contributed by atoms with van der Waals surface area (Å²) in [5, 5.41) is 3.09. The van der Waals surface area contributed by atoms with Crippen molar-refractivity contribution >= 4 is 12.0 Å². The van der Waals surface area contributed by atoms with Crippen LogP contribution in [0.5, 0.6) is 11.5 Å². The highest BCUT2D eigenvalue weighted by atomic mass is 16.6. The third-order valence-electron chi connectivity index (χ3n) is 3.55. The zero-order chi connectivity index (χ0) is 16.2. The second kappa shape index (κ2) is 6.44. The fraction of sp³-hybridized carbons (Fsp3) is 0.167. The van der Waals surface area contributed by atoms with Gasteiger partial charge in [0.15, 0.2) is 6.23 Å². The fourth-order valence-corrected chi connectivity index (χ4v) is 2.32. The molecule has 1 aliphatic rings. The molecule has 0 aromatic heterocycles. The number of carbonyl (C=O) groups is 1. The minimum absolute atomic E-state index is 0.381. The highest BCUT2D eigenvalue weighted by Crippen LogP contribution is 2.27. The van der Waals surface area contributed by atoms with Crippen molar-refractivity contribution in [2.24, 2.45) is 0 Å². The second-order valence-corrected chi connectivity index (χ2v) is 5.04. The highest BCUT2D eigenvalue weighted by molar-refractivity contribution is 5.94. The van der Waals surface area contributed by atoms with Crippen LogP contribution in [0, 0.1) is 0 Å². The lowest BCUT2D eigenvalue weighted by Crippen LogP contribution is -2.12. The smallest absolute Gasteiger partial charge is 0.356 e. The van der Waals surface area contributed by atoms with Crippen LogP contribution in [-0.2, 0) is 9.53 Å². The number of cyclic esters (lactones) is 1. The van der Waals surface area contributed by atoms with E-state index in [1.54, 1.807) is 20.3 Å². The molecule has 3 rings (SSSR count). The molecule has 1 heterocycles. The molecule has 0 bridgehead atoms. The van der Waals surface area contributed by atoms with Crippen LogP contribution >= 0.6 is 0 Å². The van der Waals surface area contributed by atoms with Gasteiger partial charge in [-0.15, -0.1) is 0 Å². The van der Waals surface area contributed by atoms with Crippen molar-refractivity contribution in [1.29, 1.82) is 0 Å². The fourth-order valence-electron chi connectivity index (χ4n) is 2.32. The number of methoxy groups -OCH3 is 2. The zero-order valence-corrected chi connectivity index (χ0v) is 12.9. The Morgan fingerprint density at radius 2 is 1.78 bits per heavy atom. The Hall–Kier alpha value is -2.95. The van der Waals surface area contributed by atoms with Crippen LogP contribution in [0.15, 0.2) is 54.2 Å². The van der Waals surface area contributed by atoms with Crippen molar-refractivity contribution in [1.82, 2.24) is 5.32 Å². The molecule has 1 N–H and O–H groups in total. The molecular formula is C18H17NO4. The van der Waals surface area contributed by atoms with Crippen molar-refractivity contribution < 1.29 is 19.0 Å². The monoisotopic (exact) mass is 311 g/mol. The van der Waals surface area contributed by atoms with Crippen LogP contribution in [0.1, 0.15) is 17.4 Å². The molecule has 118 valence electrons. The second-order valence-electron chi connectivity index (χ2n) is 5.04. The number of ether oxygens (including phenoxy) is 3. The van der Waals surface area contributed by atoms with Crippen LogP contribution in [0.4, 0.5) is 0 Å². The van der Waals surface area contributed by atoms with E-state index in [0.29, 0.717) is 11.4 Å². The Balaban J connectivity index is 1.79. The van der Waals surface area contributed by atoms with Crippen LogP contribution in [0.25, 0.3) is 6.08 Å². The molecule has 0 amide bonds. The van der Waals surface area contributed by atoms with Crippen molar-refractivity contribution in [3.63, 3.8) is 0 Å². The summed E-state index contributed by atoms with van der Waals surface area (Å²) in [6.07, 6.45) is 1.24. The Labute approximate surface area is 134 Å². The van der Waals surface area contributed by atoms with Gasteiger partial charge in [-0.25, -0.2) is 4.79 Å². The first-order valence-electron chi connectivity index (χ1n) is 7.17. The van der Waals surface area contributed by atoms with Crippen LogP contribution in [0.3, 0.4) is 0 Å². The van der Waals surface area contributed by atoms with E-state index in [1.165, 1.54) is 0 Å². The number of hydrogen-bond donors (Lipinski definition) is 1. The van der Waals surface area contributed by atoms with Gasteiger partial charge in [-0.2, -0.15) is 0 Å². The summed E-state index contributed by atoms with van der Waals surface area (Å²) >= 11 is 0. The van der Waals surface area contributed by atoms with E-state index in [1.807, 2.05) is 48.5 Å². The first kappa shape index (κ1) is 15.0. The van der Waals surface area contributed by atoms with Gasteiger partial charge in [-0.1, -0.05) is 24.3 Å². The minimum Gasteiger partial charge on any atom is -0.497 e. The molecule has 0 radical (unpaired) electrons. The summed E-state index contributed by atoms with van der Waals surface area (Å²) in [5.41, 5.74) is 2.13. The lowest BCUT2D eigenvalue weighted by atomic mass is 10.1. The molecule has 1 atom stereocenters. The summed E-state index contributed by atoms with van der Waals surface area (Å²) in [7, 11) is 3.21. The largest absolute Gasteiger partial charge is 0.497 e. The maximum Gasteiger partial charge on any atom is 0.356 e. The van der Waals surface area contributed by atoms with Crippen molar-refractivity contribution in [3.05, 3.63) is 65.4 Å². The first-order valence-corrected chi connectivity index (χ1v) is 7.17. The number of hydrogen-bond acceptors (Lipinski definition) is 5. The number of nitrogens with one attached hydrogen (secondary N) is 1. The zero-order valence-electron chi connectivity index (χ0n) is 12.9. The minimum atomic E-state index is -0.512. The summed E-state index contributed by atoms with van der Waals surface area (Å²) in [5.74, 6) is 1.10. The molecule has 2 aromatic carbocycles. The SMILES string of the molecule is COc1ccc(/C=C2\NC(c3cccc(OC)c3)OC2=O)cc1. The average Bonchev–Trinajstić information content (AvgIpc) is 2.96. The van der Waals surface area contributed by atoms with E-state index in [-0.39, 0.29) is 5.97 Å². The Morgan fingerprint density at radius 1 is 1.04 bits per heavy atom. The third kappa shape index (κ3) is 3.29. The van der Waals surface area contributed by atoms with E-state index in [2.05, 4.69) is 5.32 Å². The maximum absolute atomic E-state index is 12.0. The lowest BCUT2D eigenvalue weighted by Gasteiger charge is -2.10. The third-order valence-corrected chi connectivity index (χ3v) is 3.55. The number of rotatable bonds is 4. The van der Waals surface area contributed by atoms with Gasteiger partial charge in [0.05, 0.1) is 14.2 Å². The van der Waals surface area contributed by atoms with Gasteiger partial charge in [0.2, 0.25) is 0 Å². The van der Waals surface area contributed by atoms with Gasteiger partial charge in [0.1, 0.15) is 17.2 Å². The van der Waals surface area contributed by atoms with Gasteiger partial charge in [0, 0.05) is 5.56 Å². The van der Waals surface area contributed by atoms with Crippen LogP contribution in [0.2, 0.25) is 0 Å². The normalized spacial score (nSPS) is 18.4. The summed E-state index contributed by atoms with van der Waals surface area (Å²) in [6, 6.07) is 14.8. The molecule has 1 saturated heterocycles. The molecule has 0 saturated carbocycles. The standard InChI is InChI=1S/C18H17NO4/c1-21-14-8-6-12(7-9-14)10-16-18(20)23-17(19-16)13-4-3-5-15(11-13)22-2/h3-11,17,19H,1-2H3/b16-10-. The van der Waals surface area contributed by atoms with Gasteiger partial charge >= 0.3 is 5.97 Å². The molecule has 0 aliphatic carbocycles. The summed E-state index contributed by atoms with van der Waals surface area (Å²) in [4.78, 5) is 12.0. The van der Waals surface area contributed by atoms with Crippen molar-refractivity contribution in [2.75, 3.05) is 14.2 Å². The molecule has 2 aromatic rings. The number of carbonyl (C=O) groups excluding carboxylic acids is 1. The molecule has 1 fully saturated rings. The Morgan fingerprint density at radius 3 is 2.48 bits per heavy atom. The lowest BCUT2D eigenvalue weighted by molar-refractivity contribution is -0.139. The molecule has 5 heteroatoms. The van der Waals surface area contributed by atoms with E-state index in [9.17, 15) is 4.79 Å². The van der Waals surface area contributed by atoms with Crippen molar-refractivity contribution in [3.8, 4) is 11.5 Å². The topological polar surface area (TPSA) is 56.8 Å². The first-order chi connectivity index (χ1) is 11.2. The summed E-state index contributed by atoms with van der Waals surface area (Å²) < 4.78 is 15.7. The highest BCUT2D eigenvalue weighted by Gasteiger charge is 2.29. The van der Waals surface area contributed by atoms with Gasteiger partial charge in [-0.3, -0.25) is 0 Å². The van der Waals surface area contributed by atoms with E-state index in [0.717, 1.165) is 16.9 Å². The number of esters is 1. The average molecular weight is 311 g/mol. The predicted octanol–water partition coefficient (Wildman–Crippen LogP) is 2.89. The van der Waals surface area contributed by atoms with Gasteiger partial charge in [-0.05, 0) is 35.9 Å². The van der Waals surface area contributed by atoms with Crippen molar-refractivity contribution in [2.45, 2.75) is 6.23 Å².